The van der Waals surface area contributed by atoms with Gasteiger partial charge in [0.2, 0.25) is 11.8 Å². The Morgan fingerprint density at radius 2 is 1.68 bits per heavy atom. The van der Waals surface area contributed by atoms with Crippen LogP contribution in [-0.2, 0) is 19.4 Å². The van der Waals surface area contributed by atoms with Crippen molar-refractivity contribution in [3.8, 4) is 0 Å². The van der Waals surface area contributed by atoms with Crippen molar-refractivity contribution in [2.75, 3.05) is 38.2 Å². The van der Waals surface area contributed by atoms with Crippen LogP contribution >= 0.6 is 0 Å². The molecular formula is C19H26N4O7S. The third-order valence-electron chi connectivity index (χ3n) is 5.74. The number of nitrogens with zero attached hydrogens (tertiary/aromatic N) is 3. The van der Waals surface area contributed by atoms with E-state index in [0.717, 1.165) is 0 Å². The summed E-state index contributed by atoms with van der Waals surface area (Å²) < 4.78 is 29.9. The molecule has 0 unspecified atom stereocenters. The van der Waals surface area contributed by atoms with Crippen LogP contribution in [0.5, 0.6) is 0 Å². The second kappa shape index (κ2) is 8.69. The van der Waals surface area contributed by atoms with Gasteiger partial charge in [-0.15, -0.1) is 0 Å². The molecule has 0 saturated carbocycles. The van der Waals surface area contributed by atoms with Crippen molar-refractivity contribution in [1.82, 2.24) is 14.7 Å². The second-order valence-electron chi connectivity index (χ2n) is 7.87. The van der Waals surface area contributed by atoms with Crippen LogP contribution in [0.1, 0.15) is 40.9 Å². The summed E-state index contributed by atoms with van der Waals surface area (Å²) in [6.45, 7) is 2.19. The van der Waals surface area contributed by atoms with Crippen LogP contribution in [-0.4, -0.2) is 97.0 Å². The summed E-state index contributed by atoms with van der Waals surface area (Å²) in [6, 6.07) is 1.27. The number of hydrogen-bond donors (Lipinski definition) is 1. The highest BCUT2D eigenvalue weighted by atomic mass is 32.2. The Labute approximate surface area is 180 Å². The lowest BCUT2D eigenvalue weighted by Crippen LogP contribution is -2.62. The molecule has 11 nitrogen and oxygen atoms in total. The first-order valence-corrected chi connectivity index (χ1v) is 11.7. The summed E-state index contributed by atoms with van der Waals surface area (Å²) >= 11 is 0. The molecule has 2 saturated heterocycles. The standard InChI is InChI=1S/C19H26N4O7S/c1-12(24)21(2)7-3-4-17(25)22-8-9-23(14-11-31(28,29)10-13(14)22)19(27)16-6-5-15(30-16)18(20)26/h5-6,13-14H,3-4,7-11H2,1-2H3,(H2,20,26)/t13-,14+/m0/s1. The summed E-state index contributed by atoms with van der Waals surface area (Å²) in [4.78, 5) is 52.7. The molecule has 4 amide bonds. The topological polar surface area (TPSA) is 151 Å². The quantitative estimate of drug-likeness (QED) is 0.584. The lowest BCUT2D eigenvalue weighted by Gasteiger charge is -2.43. The highest BCUT2D eigenvalue weighted by Gasteiger charge is 2.49. The average molecular weight is 455 g/mol. The third-order valence-corrected chi connectivity index (χ3v) is 7.44. The molecule has 2 atom stereocenters. The minimum absolute atomic E-state index is 0.0982. The molecule has 2 N–H and O–H groups in total. The van der Waals surface area contributed by atoms with E-state index in [1.165, 1.54) is 33.8 Å². The summed E-state index contributed by atoms with van der Waals surface area (Å²) in [7, 11) is -1.79. The predicted octanol–water partition coefficient (Wildman–Crippen LogP) is -0.913. The van der Waals surface area contributed by atoms with E-state index in [1.807, 2.05) is 0 Å². The fraction of sp³-hybridized carbons (Fsp3) is 0.579. The molecule has 0 radical (unpaired) electrons. The number of furan rings is 1. The molecule has 31 heavy (non-hydrogen) atoms. The lowest BCUT2D eigenvalue weighted by molar-refractivity contribution is -0.137. The van der Waals surface area contributed by atoms with Crippen molar-refractivity contribution < 1.29 is 32.0 Å². The third kappa shape index (κ3) is 4.89. The van der Waals surface area contributed by atoms with E-state index >= 15 is 0 Å². The Hall–Kier alpha value is -2.89. The van der Waals surface area contributed by atoms with E-state index in [4.69, 9.17) is 10.2 Å². The van der Waals surface area contributed by atoms with Crippen molar-refractivity contribution in [2.24, 2.45) is 5.73 Å². The van der Waals surface area contributed by atoms with Crippen LogP contribution in [0.15, 0.2) is 16.5 Å². The van der Waals surface area contributed by atoms with E-state index in [-0.39, 0.29) is 54.4 Å². The van der Waals surface area contributed by atoms with E-state index in [9.17, 15) is 27.6 Å². The zero-order valence-electron chi connectivity index (χ0n) is 17.4. The fourth-order valence-electron chi connectivity index (χ4n) is 4.01. The monoisotopic (exact) mass is 454 g/mol. The van der Waals surface area contributed by atoms with Gasteiger partial charge < -0.3 is 24.9 Å². The van der Waals surface area contributed by atoms with E-state index < -0.39 is 33.7 Å². The SMILES string of the molecule is CC(=O)N(C)CCCC(=O)N1CCN(C(=O)c2ccc(C(N)=O)o2)[C@@H]2CS(=O)(=O)C[C@@H]21. The van der Waals surface area contributed by atoms with Gasteiger partial charge in [0.1, 0.15) is 0 Å². The molecule has 2 aliphatic heterocycles. The number of amides is 4. The maximum Gasteiger partial charge on any atom is 0.290 e. The smallest absolute Gasteiger partial charge is 0.290 e. The van der Waals surface area contributed by atoms with Crippen molar-refractivity contribution in [3.05, 3.63) is 23.7 Å². The number of carbonyl (C=O) groups is 4. The van der Waals surface area contributed by atoms with Crippen LogP contribution in [0.25, 0.3) is 0 Å². The van der Waals surface area contributed by atoms with Gasteiger partial charge in [-0.25, -0.2) is 8.42 Å². The summed E-state index contributed by atoms with van der Waals surface area (Å²) in [5.74, 6) is -2.40. The van der Waals surface area contributed by atoms with Gasteiger partial charge in [0.25, 0.3) is 11.8 Å². The minimum Gasteiger partial charge on any atom is -0.446 e. The predicted molar refractivity (Wildman–Crippen MR) is 109 cm³/mol. The van der Waals surface area contributed by atoms with Crippen molar-refractivity contribution in [2.45, 2.75) is 31.8 Å². The molecule has 3 rings (SSSR count). The molecule has 170 valence electrons. The average Bonchev–Trinajstić information content (AvgIpc) is 3.30. The zero-order valence-corrected chi connectivity index (χ0v) is 18.3. The number of fused-ring (bicyclic) bond motifs is 1. The second-order valence-corrected chi connectivity index (χ2v) is 10.0. The minimum atomic E-state index is -3.44. The van der Waals surface area contributed by atoms with Gasteiger partial charge in [-0.3, -0.25) is 19.2 Å². The number of nitrogens with two attached hydrogens (primary N) is 1. The van der Waals surface area contributed by atoms with Crippen LogP contribution in [0.4, 0.5) is 0 Å². The lowest BCUT2D eigenvalue weighted by atomic mass is 10.0. The molecule has 1 aromatic heterocycles. The maximum atomic E-state index is 12.9. The van der Waals surface area contributed by atoms with E-state index in [0.29, 0.717) is 13.0 Å². The Morgan fingerprint density at radius 3 is 2.26 bits per heavy atom. The van der Waals surface area contributed by atoms with Gasteiger partial charge in [-0.2, -0.15) is 0 Å². The first-order chi connectivity index (χ1) is 14.5. The Kier molecular flexibility index (Phi) is 6.39. The van der Waals surface area contributed by atoms with Crippen LogP contribution in [0.3, 0.4) is 0 Å². The Balaban J connectivity index is 1.72. The Morgan fingerprint density at radius 1 is 1.10 bits per heavy atom. The highest BCUT2D eigenvalue weighted by molar-refractivity contribution is 7.91. The molecule has 0 aliphatic carbocycles. The first-order valence-electron chi connectivity index (χ1n) is 9.92. The molecular weight excluding hydrogens is 428 g/mol. The van der Waals surface area contributed by atoms with Gasteiger partial charge in [-0.1, -0.05) is 0 Å². The number of carbonyl (C=O) groups excluding carboxylic acids is 4. The number of piperazine rings is 1. The summed E-state index contributed by atoms with van der Waals surface area (Å²) in [6.07, 6.45) is 0.634. The first kappa shape index (κ1) is 22.8. The van der Waals surface area contributed by atoms with E-state index in [2.05, 4.69) is 0 Å². The Bertz CT molecular complexity index is 1000. The van der Waals surface area contributed by atoms with Gasteiger partial charge in [0.15, 0.2) is 21.4 Å². The fourth-order valence-corrected chi connectivity index (χ4v) is 5.99. The summed E-state index contributed by atoms with van der Waals surface area (Å²) in [5.41, 5.74) is 5.15. The molecule has 1 aromatic rings. The molecule has 0 spiro atoms. The molecule has 0 bridgehead atoms. The number of rotatable bonds is 6. The van der Waals surface area contributed by atoms with Gasteiger partial charge in [0.05, 0.1) is 23.6 Å². The number of sulfone groups is 1. The highest BCUT2D eigenvalue weighted by Crippen LogP contribution is 2.29. The van der Waals surface area contributed by atoms with Gasteiger partial charge >= 0.3 is 0 Å². The normalized spacial score (nSPS) is 22.1. The van der Waals surface area contributed by atoms with Crippen molar-refractivity contribution >= 4 is 33.5 Å². The molecule has 0 aromatic carbocycles. The molecule has 3 heterocycles. The van der Waals surface area contributed by atoms with E-state index in [1.54, 1.807) is 7.05 Å². The largest absolute Gasteiger partial charge is 0.446 e. The molecule has 2 aliphatic rings. The molecule has 2 fully saturated rings. The summed E-state index contributed by atoms with van der Waals surface area (Å²) in [5, 5.41) is 0. The van der Waals surface area contributed by atoms with Crippen molar-refractivity contribution in [1.29, 1.82) is 0 Å². The van der Waals surface area contributed by atoms with Crippen molar-refractivity contribution in [3.63, 3.8) is 0 Å². The maximum absolute atomic E-state index is 12.9. The number of primary amides is 1. The van der Waals surface area contributed by atoms with Crippen LogP contribution in [0, 0.1) is 0 Å². The zero-order chi connectivity index (χ0) is 22.9. The van der Waals surface area contributed by atoms with Crippen LogP contribution < -0.4 is 5.73 Å². The van der Waals surface area contributed by atoms with Gasteiger partial charge in [-0.05, 0) is 18.6 Å². The number of hydrogen-bond acceptors (Lipinski definition) is 7. The van der Waals surface area contributed by atoms with Crippen LogP contribution in [0.2, 0.25) is 0 Å². The molecule has 12 heteroatoms. The van der Waals surface area contributed by atoms with Gasteiger partial charge in [0, 0.05) is 40.0 Å².